The Morgan fingerprint density at radius 3 is 2.36 bits per heavy atom. The van der Waals surface area contributed by atoms with Crippen LogP contribution in [0.1, 0.15) is 40.0 Å². The molecule has 0 aromatic carbocycles. The molecular formula is C11H22N2O. The molecule has 0 saturated carbocycles. The lowest BCUT2D eigenvalue weighted by atomic mass is 10.2. The first-order valence-corrected chi connectivity index (χ1v) is 5.76. The maximum absolute atomic E-state index is 12.0. The molecule has 1 fully saturated rings. The van der Waals surface area contributed by atoms with Crippen LogP contribution in [0.2, 0.25) is 0 Å². The zero-order chi connectivity index (χ0) is 10.6. The number of nitrogens with zero attached hydrogens (tertiary/aromatic N) is 2. The Kier molecular flexibility index (Phi) is 4.23. The maximum atomic E-state index is 12.0. The molecule has 3 heteroatoms. The minimum atomic E-state index is 0.236. The first kappa shape index (κ1) is 11.3. The van der Waals surface area contributed by atoms with Crippen LogP contribution in [0.3, 0.4) is 0 Å². The second kappa shape index (κ2) is 5.23. The van der Waals surface area contributed by atoms with Gasteiger partial charge in [-0.2, -0.15) is 0 Å². The van der Waals surface area contributed by atoms with E-state index < -0.39 is 0 Å². The van der Waals surface area contributed by atoms with Gasteiger partial charge in [-0.05, 0) is 33.1 Å². The van der Waals surface area contributed by atoms with E-state index in [0.717, 1.165) is 26.1 Å². The number of likely N-dealkylation sites (tertiary alicyclic amines) is 1. The van der Waals surface area contributed by atoms with Crippen LogP contribution in [0.4, 0.5) is 4.79 Å². The summed E-state index contributed by atoms with van der Waals surface area (Å²) in [4.78, 5) is 16.0. The van der Waals surface area contributed by atoms with Gasteiger partial charge >= 0.3 is 6.03 Å². The average Bonchev–Trinajstić information content (AvgIpc) is 2.71. The van der Waals surface area contributed by atoms with Crippen molar-refractivity contribution in [2.24, 2.45) is 0 Å². The SMILES string of the molecule is CCC(C)N(CC)C(=O)N1CCCC1. The summed E-state index contributed by atoms with van der Waals surface area (Å²) < 4.78 is 0. The molecule has 1 rings (SSSR count). The van der Waals surface area contributed by atoms with Crippen LogP contribution in [0.25, 0.3) is 0 Å². The third-order valence-electron chi connectivity index (χ3n) is 3.09. The van der Waals surface area contributed by atoms with Gasteiger partial charge in [-0.3, -0.25) is 0 Å². The zero-order valence-corrected chi connectivity index (χ0v) is 9.62. The van der Waals surface area contributed by atoms with E-state index in [0.29, 0.717) is 6.04 Å². The number of amides is 2. The van der Waals surface area contributed by atoms with Gasteiger partial charge in [0.15, 0.2) is 0 Å². The Morgan fingerprint density at radius 1 is 1.36 bits per heavy atom. The van der Waals surface area contributed by atoms with Crippen LogP contribution in [-0.4, -0.2) is 41.5 Å². The molecule has 0 N–H and O–H groups in total. The van der Waals surface area contributed by atoms with E-state index in [1.807, 2.05) is 9.80 Å². The van der Waals surface area contributed by atoms with Gasteiger partial charge in [0.2, 0.25) is 0 Å². The number of rotatable bonds is 3. The summed E-state index contributed by atoms with van der Waals surface area (Å²) >= 11 is 0. The summed E-state index contributed by atoms with van der Waals surface area (Å²) in [7, 11) is 0. The van der Waals surface area contributed by atoms with Crippen LogP contribution in [0.5, 0.6) is 0 Å². The molecule has 0 aromatic heterocycles. The van der Waals surface area contributed by atoms with Crippen LogP contribution in [0.15, 0.2) is 0 Å². The summed E-state index contributed by atoms with van der Waals surface area (Å²) in [5, 5.41) is 0. The van der Waals surface area contributed by atoms with Crippen LogP contribution < -0.4 is 0 Å². The van der Waals surface area contributed by atoms with Gasteiger partial charge in [-0.1, -0.05) is 6.92 Å². The lowest BCUT2D eigenvalue weighted by Gasteiger charge is -2.31. The van der Waals surface area contributed by atoms with Crippen LogP contribution in [-0.2, 0) is 0 Å². The molecule has 0 aromatic rings. The smallest absolute Gasteiger partial charge is 0.320 e. The van der Waals surface area contributed by atoms with Crippen molar-refractivity contribution in [3.63, 3.8) is 0 Å². The first-order valence-electron chi connectivity index (χ1n) is 5.76. The molecule has 1 heterocycles. The molecule has 1 saturated heterocycles. The zero-order valence-electron chi connectivity index (χ0n) is 9.62. The van der Waals surface area contributed by atoms with Crippen molar-refractivity contribution in [1.82, 2.24) is 9.80 Å². The van der Waals surface area contributed by atoms with Gasteiger partial charge < -0.3 is 9.80 Å². The van der Waals surface area contributed by atoms with Crippen molar-refractivity contribution in [2.45, 2.75) is 46.1 Å². The molecule has 1 unspecified atom stereocenters. The van der Waals surface area contributed by atoms with E-state index in [-0.39, 0.29) is 6.03 Å². The molecular weight excluding hydrogens is 176 g/mol. The number of urea groups is 1. The molecule has 0 spiro atoms. The number of carbonyl (C=O) groups excluding carboxylic acids is 1. The van der Waals surface area contributed by atoms with Crippen molar-refractivity contribution in [3.05, 3.63) is 0 Å². The van der Waals surface area contributed by atoms with Gasteiger partial charge in [0.1, 0.15) is 0 Å². The average molecular weight is 198 g/mol. The Hall–Kier alpha value is -0.730. The van der Waals surface area contributed by atoms with Crippen molar-refractivity contribution >= 4 is 6.03 Å². The van der Waals surface area contributed by atoms with Crippen molar-refractivity contribution in [2.75, 3.05) is 19.6 Å². The summed E-state index contributed by atoms with van der Waals surface area (Å²) in [6.45, 7) is 9.03. The van der Waals surface area contributed by atoms with Gasteiger partial charge in [0, 0.05) is 25.7 Å². The Balaban J connectivity index is 2.54. The quantitative estimate of drug-likeness (QED) is 0.682. The van der Waals surface area contributed by atoms with E-state index in [4.69, 9.17) is 0 Å². The molecule has 1 aliphatic heterocycles. The van der Waals surface area contributed by atoms with Gasteiger partial charge in [-0.25, -0.2) is 4.79 Å². The lowest BCUT2D eigenvalue weighted by molar-refractivity contribution is 0.147. The molecule has 0 aliphatic carbocycles. The highest BCUT2D eigenvalue weighted by Gasteiger charge is 2.24. The number of hydrogen-bond acceptors (Lipinski definition) is 1. The van der Waals surface area contributed by atoms with E-state index in [9.17, 15) is 4.79 Å². The second-order valence-electron chi connectivity index (χ2n) is 4.02. The highest BCUT2D eigenvalue weighted by molar-refractivity contribution is 5.75. The predicted octanol–water partition coefficient (Wildman–Crippen LogP) is 2.32. The van der Waals surface area contributed by atoms with Crippen LogP contribution in [0, 0.1) is 0 Å². The van der Waals surface area contributed by atoms with Crippen LogP contribution >= 0.6 is 0 Å². The fraction of sp³-hybridized carbons (Fsp3) is 0.909. The maximum Gasteiger partial charge on any atom is 0.320 e. The second-order valence-corrected chi connectivity index (χ2v) is 4.02. The molecule has 0 bridgehead atoms. The van der Waals surface area contributed by atoms with E-state index >= 15 is 0 Å². The lowest BCUT2D eigenvalue weighted by Crippen LogP contribution is -2.45. The van der Waals surface area contributed by atoms with E-state index in [1.54, 1.807) is 0 Å². The summed E-state index contributed by atoms with van der Waals surface area (Å²) in [5.41, 5.74) is 0. The topological polar surface area (TPSA) is 23.6 Å². The normalized spacial score (nSPS) is 18.4. The largest absolute Gasteiger partial charge is 0.325 e. The van der Waals surface area contributed by atoms with E-state index in [2.05, 4.69) is 20.8 Å². The third-order valence-corrected chi connectivity index (χ3v) is 3.09. The Bertz CT molecular complexity index is 188. The fourth-order valence-corrected chi connectivity index (χ4v) is 1.95. The fourth-order valence-electron chi connectivity index (χ4n) is 1.95. The minimum Gasteiger partial charge on any atom is -0.325 e. The monoisotopic (exact) mass is 198 g/mol. The van der Waals surface area contributed by atoms with Gasteiger partial charge in [0.05, 0.1) is 0 Å². The highest BCUT2D eigenvalue weighted by Crippen LogP contribution is 2.13. The van der Waals surface area contributed by atoms with Crippen molar-refractivity contribution < 1.29 is 4.79 Å². The summed E-state index contributed by atoms with van der Waals surface area (Å²) in [5.74, 6) is 0. The Labute approximate surface area is 87.1 Å². The summed E-state index contributed by atoms with van der Waals surface area (Å²) in [6.07, 6.45) is 3.38. The van der Waals surface area contributed by atoms with Gasteiger partial charge in [-0.15, -0.1) is 0 Å². The van der Waals surface area contributed by atoms with E-state index in [1.165, 1.54) is 12.8 Å². The van der Waals surface area contributed by atoms with Gasteiger partial charge in [0.25, 0.3) is 0 Å². The molecule has 3 nitrogen and oxygen atoms in total. The Morgan fingerprint density at radius 2 is 1.93 bits per heavy atom. The van der Waals surface area contributed by atoms with Crippen molar-refractivity contribution in [3.8, 4) is 0 Å². The molecule has 14 heavy (non-hydrogen) atoms. The van der Waals surface area contributed by atoms with Crippen molar-refractivity contribution in [1.29, 1.82) is 0 Å². The summed E-state index contributed by atoms with van der Waals surface area (Å²) in [6, 6.07) is 0.604. The number of hydrogen-bond donors (Lipinski definition) is 0. The molecule has 82 valence electrons. The molecule has 1 atom stereocenters. The molecule has 0 radical (unpaired) electrons. The number of carbonyl (C=O) groups is 1. The predicted molar refractivity (Wildman–Crippen MR) is 58.3 cm³/mol. The minimum absolute atomic E-state index is 0.236. The molecule has 2 amide bonds. The highest BCUT2D eigenvalue weighted by atomic mass is 16.2. The molecule has 1 aliphatic rings. The standard InChI is InChI=1S/C11H22N2O/c1-4-10(3)13(5-2)11(14)12-8-6-7-9-12/h10H,4-9H2,1-3H3. The third kappa shape index (κ3) is 2.40. The first-order chi connectivity index (χ1) is 6.70.